The summed E-state index contributed by atoms with van der Waals surface area (Å²) in [5.74, 6) is -1.10. The van der Waals surface area contributed by atoms with E-state index < -0.39 is 21.8 Å². The van der Waals surface area contributed by atoms with Gasteiger partial charge in [0.1, 0.15) is 0 Å². The lowest BCUT2D eigenvalue weighted by Crippen LogP contribution is -2.42. The average Bonchev–Trinajstić information content (AvgIpc) is 3.33. The Morgan fingerprint density at radius 3 is 2.31 bits per heavy atom. The lowest BCUT2D eigenvalue weighted by molar-refractivity contribution is 0.0846. The number of sulfonamides is 1. The van der Waals surface area contributed by atoms with Gasteiger partial charge in [-0.15, -0.1) is 0 Å². The molecule has 10 heteroatoms. The third-order valence-electron chi connectivity index (χ3n) is 5.32. The molecule has 0 radical (unpaired) electrons. The number of carbonyl (C=O) groups is 2. The molecule has 2 amide bonds. The maximum atomic E-state index is 12.6. The minimum absolute atomic E-state index is 0.136. The molecule has 1 aromatic heterocycles. The van der Waals surface area contributed by atoms with Crippen molar-refractivity contribution < 1.29 is 18.0 Å². The quantitative estimate of drug-likeness (QED) is 0.567. The normalized spacial score (nSPS) is 14.4. The number of rotatable bonds is 4. The summed E-state index contributed by atoms with van der Waals surface area (Å²) in [6.07, 6.45) is 1.69. The third-order valence-corrected chi connectivity index (χ3v) is 7.47. The van der Waals surface area contributed by atoms with Crippen LogP contribution >= 0.6 is 11.6 Å². The van der Waals surface area contributed by atoms with Crippen LogP contribution in [0.1, 0.15) is 39.3 Å². The van der Waals surface area contributed by atoms with E-state index in [-0.39, 0.29) is 10.5 Å². The van der Waals surface area contributed by atoms with Crippen LogP contribution in [0, 0.1) is 6.92 Å². The van der Waals surface area contributed by atoms with Crippen LogP contribution in [-0.2, 0) is 10.0 Å². The molecule has 1 fully saturated rings. The molecule has 0 atom stereocenters. The van der Waals surface area contributed by atoms with Crippen molar-refractivity contribution in [3.8, 4) is 0 Å². The predicted octanol–water partition coefficient (Wildman–Crippen LogP) is 3.06. The average molecular weight is 473 g/mol. The van der Waals surface area contributed by atoms with Gasteiger partial charge in [0.25, 0.3) is 11.8 Å². The second kappa shape index (κ2) is 8.85. The maximum Gasteiger partial charge on any atom is 0.271 e. The van der Waals surface area contributed by atoms with Crippen molar-refractivity contribution in [1.82, 2.24) is 20.1 Å². The molecule has 0 spiro atoms. The van der Waals surface area contributed by atoms with Crippen molar-refractivity contribution in [1.29, 1.82) is 0 Å². The first-order valence-corrected chi connectivity index (χ1v) is 11.9. The van der Waals surface area contributed by atoms with Gasteiger partial charge < -0.3 is 0 Å². The summed E-state index contributed by atoms with van der Waals surface area (Å²) in [5, 5.41) is 1.23. The number of pyridine rings is 1. The summed E-state index contributed by atoms with van der Waals surface area (Å²) >= 11 is 6.01. The Kier molecular flexibility index (Phi) is 6.14. The standard InChI is InChI=1S/C22H21ClN4O4S/c1-14-19(13-16-12-17(23)6-9-20(16)24-14)22(29)26-25-21(28)15-4-7-18(8-5-15)32(30,31)27-10-2-3-11-27/h4-9,12-13H,2-3,10-11H2,1H3,(H,25,28)(H,26,29). The van der Waals surface area contributed by atoms with E-state index in [9.17, 15) is 18.0 Å². The summed E-state index contributed by atoms with van der Waals surface area (Å²) in [5.41, 5.74) is 6.43. The molecule has 2 heterocycles. The van der Waals surface area contributed by atoms with E-state index >= 15 is 0 Å². The molecule has 2 aromatic carbocycles. The van der Waals surface area contributed by atoms with Gasteiger partial charge in [0.05, 0.1) is 21.7 Å². The summed E-state index contributed by atoms with van der Waals surface area (Å²) in [4.78, 5) is 29.5. The minimum atomic E-state index is -3.55. The van der Waals surface area contributed by atoms with E-state index in [1.807, 2.05) is 0 Å². The number of fused-ring (bicyclic) bond motifs is 1. The Morgan fingerprint density at radius 1 is 0.969 bits per heavy atom. The van der Waals surface area contributed by atoms with Crippen LogP contribution < -0.4 is 10.9 Å². The van der Waals surface area contributed by atoms with Crippen molar-refractivity contribution in [2.75, 3.05) is 13.1 Å². The maximum absolute atomic E-state index is 12.6. The number of amides is 2. The Bertz CT molecular complexity index is 1300. The number of nitrogens with zero attached hydrogens (tertiary/aromatic N) is 2. The highest BCUT2D eigenvalue weighted by atomic mass is 35.5. The number of hydrogen-bond acceptors (Lipinski definition) is 5. The molecule has 0 aliphatic carbocycles. The lowest BCUT2D eigenvalue weighted by Gasteiger charge is -2.15. The van der Waals surface area contributed by atoms with E-state index in [2.05, 4.69) is 15.8 Å². The highest BCUT2D eigenvalue weighted by Crippen LogP contribution is 2.22. The van der Waals surface area contributed by atoms with E-state index in [1.54, 1.807) is 31.2 Å². The number of aryl methyl sites for hydroxylation is 1. The Hall–Kier alpha value is -3.01. The van der Waals surface area contributed by atoms with Crippen LogP contribution in [0.4, 0.5) is 0 Å². The van der Waals surface area contributed by atoms with Crippen molar-refractivity contribution in [3.05, 3.63) is 70.4 Å². The molecule has 3 aromatic rings. The van der Waals surface area contributed by atoms with E-state index in [0.29, 0.717) is 40.3 Å². The van der Waals surface area contributed by atoms with E-state index in [1.165, 1.54) is 28.6 Å². The first kappa shape index (κ1) is 22.2. The molecule has 8 nitrogen and oxygen atoms in total. The molecule has 2 N–H and O–H groups in total. The van der Waals surface area contributed by atoms with Gasteiger partial charge in [-0.3, -0.25) is 25.4 Å². The number of hydrazine groups is 1. The fourth-order valence-electron chi connectivity index (χ4n) is 3.58. The largest absolute Gasteiger partial charge is 0.271 e. The van der Waals surface area contributed by atoms with Gasteiger partial charge in [-0.2, -0.15) is 4.31 Å². The van der Waals surface area contributed by atoms with Gasteiger partial charge in [-0.1, -0.05) is 11.6 Å². The molecule has 0 saturated carbocycles. The third kappa shape index (κ3) is 4.45. The van der Waals surface area contributed by atoms with Gasteiger partial charge in [-0.05, 0) is 68.3 Å². The first-order chi connectivity index (χ1) is 15.3. The monoisotopic (exact) mass is 472 g/mol. The van der Waals surface area contributed by atoms with Gasteiger partial charge in [0.2, 0.25) is 10.0 Å². The Labute approximate surface area is 190 Å². The van der Waals surface area contributed by atoms with Gasteiger partial charge in [-0.25, -0.2) is 8.42 Å². The van der Waals surface area contributed by atoms with Crippen molar-refractivity contribution in [2.45, 2.75) is 24.7 Å². The first-order valence-electron chi connectivity index (χ1n) is 10.0. The summed E-state index contributed by atoms with van der Waals surface area (Å²) < 4.78 is 26.6. The topological polar surface area (TPSA) is 108 Å². The van der Waals surface area contributed by atoms with Crippen LogP contribution in [0.3, 0.4) is 0 Å². The zero-order valence-corrected chi connectivity index (χ0v) is 18.8. The van der Waals surface area contributed by atoms with Gasteiger partial charge in [0, 0.05) is 29.1 Å². The molecule has 166 valence electrons. The Balaban J connectivity index is 1.44. The highest BCUT2D eigenvalue weighted by Gasteiger charge is 2.27. The van der Waals surface area contributed by atoms with Crippen molar-refractivity contribution in [3.63, 3.8) is 0 Å². The van der Waals surface area contributed by atoms with Crippen LogP contribution in [0.5, 0.6) is 0 Å². The van der Waals surface area contributed by atoms with Gasteiger partial charge >= 0.3 is 0 Å². The lowest BCUT2D eigenvalue weighted by atomic mass is 10.1. The summed E-state index contributed by atoms with van der Waals surface area (Å²) in [7, 11) is -3.55. The second-order valence-electron chi connectivity index (χ2n) is 7.50. The molecule has 1 aliphatic rings. The molecular weight excluding hydrogens is 452 g/mol. The second-order valence-corrected chi connectivity index (χ2v) is 9.88. The highest BCUT2D eigenvalue weighted by molar-refractivity contribution is 7.89. The predicted molar refractivity (Wildman–Crippen MR) is 121 cm³/mol. The van der Waals surface area contributed by atoms with Gasteiger partial charge in [0.15, 0.2) is 0 Å². The fraction of sp³-hybridized carbons (Fsp3) is 0.227. The Morgan fingerprint density at radius 2 is 1.62 bits per heavy atom. The van der Waals surface area contributed by atoms with Crippen molar-refractivity contribution in [2.24, 2.45) is 0 Å². The molecule has 4 rings (SSSR count). The molecule has 32 heavy (non-hydrogen) atoms. The number of hydrogen-bond donors (Lipinski definition) is 2. The SMILES string of the molecule is Cc1nc2ccc(Cl)cc2cc1C(=O)NNC(=O)c1ccc(S(=O)(=O)N2CCCC2)cc1. The van der Waals surface area contributed by atoms with Crippen LogP contribution in [-0.4, -0.2) is 42.6 Å². The molecule has 0 bridgehead atoms. The molecular formula is C22H21ClN4O4S. The minimum Gasteiger partial charge on any atom is -0.267 e. The smallest absolute Gasteiger partial charge is 0.267 e. The number of aromatic nitrogens is 1. The molecule has 1 saturated heterocycles. The number of carbonyl (C=O) groups excluding carboxylic acids is 2. The van der Waals surface area contributed by atoms with Crippen LogP contribution in [0.2, 0.25) is 5.02 Å². The van der Waals surface area contributed by atoms with E-state index in [0.717, 1.165) is 12.8 Å². The summed E-state index contributed by atoms with van der Waals surface area (Å²) in [6, 6.07) is 12.5. The van der Waals surface area contributed by atoms with Crippen LogP contribution in [0.25, 0.3) is 10.9 Å². The van der Waals surface area contributed by atoms with E-state index in [4.69, 9.17) is 11.6 Å². The summed E-state index contributed by atoms with van der Waals surface area (Å²) in [6.45, 7) is 2.71. The zero-order valence-electron chi connectivity index (χ0n) is 17.3. The van der Waals surface area contributed by atoms with Crippen LogP contribution in [0.15, 0.2) is 53.4 Å². The fourth-order valence-corrected chi connectivity index (χ4v) is 5.28. The molecule has 0 unspecified atom stereocenters. The van der Waals surface area contributed by atoms with Crippen molar-refractivity contribution >= 4 is 44.3 Å². The number of nitrogens with one attached hydrogen (secondary N) is 2. The zero-order chi connectivity index (χ0) is 22.9. The number of benzene rings is 2. The molecule has 1 aliphatic heterocycles. The number of halogens is 1.